The van der Waals surface area contributed by atoms with Crippen LogP contribution in [0.25, 0.3) is 0 Å². The minimum atomic E-state index is -1.14. The van der Waals surface area contributed by atoms with Gasteiger partial charge in [-0.25, -0.2) is 4.79 Å². The first kappa shape index (κ1) is 14.5. The fourth-order valence-electron chi connectivity index (χ4n) is 1.97. The number of nitrogens with two attached hydrogens (primary N) is 1. The van der Waals surface area contributed by atoms with Crippen LogP contribution in [0.3, 0.4) is 0 Å². The Bertz CT molecular complexity index is 726. The van der Waals surface area contributed by atoms with Crippen LogP contribution in [0, 0.1) is 13.8 Å². The van der Waals surface area contributed by atoms with E-state index in [1.54, 1.807) is 19.1 Å². The number of benzene rings is 1. The molecule has 0 saturated carbocycles. The van der Waals surface area contributed by atoms with Crippen molar-refractivity contribution >= 4 is 23.3 Å². The summed E-state index contributed by atoms with van der Waals surface area (Å²) in [5.41, 5.74) is 7.92. The molecule has 0 unspecified atom stereocenters. The van der Waals surface area contributed by atoms with Gasteiger partial charge in [0.05, 0.1) is 22.5 Å². The van der Waals surface area contributed by atoms with E-state index in [1.165, 1.54) is 18.2 Å². The number of nitrogens with zero attached hydrogens (tertiary/aromatic N) is 1. The molecule has 4 N–H and O–H groups in total. The average Bonchev–Trinajstić information content (AvgIpc) is 2.37. The second-order valence-corrected chi connectivity index (χ2v) is 4.65. The Morgan fingerprint density at radius 2 is 1.81 bits per heavy atom. The zero-order valence-electron chi connectivity index (χ0n) is 11.7. The maximum atomic E-state index is 12.2. The molecule has 108 valence electrons. The zero-order valence-corrected chi connectivity index (χ0v) is 11.7. The third-order valence-electron chi connectivity index (χ3n) is 2.99. The monoisotopic (exact) mass is 285 g/mol. The Kier molecular flexibility index (Phi) is 3.89. The van der Waals surface area contributed by atoms with E-state index in [9.17, 15) is 9.59 Å². The van der Waals surface area contributed by atoms with Gasteiger partial charge in [0.1, 0.15) is 0 Å². The number of carboxylic acid groups (broad SMARTS) is 1. The number of aromatic carboxylic acids is 1. The number of rotatable bonds is 3. The molecule has 0 aliphatic heterocycles. The molecule has 0 spiro atoms. The molecule has 0 radical (unpaired) electrons. The lowest BCUT2D eigenvalue weighted by Gasteiger charge is -2.11. The van der Waals surface area contributed by atoms with E-state index in [0.717, 1.165) is 5.69 Å². The van der Waals surface area contributed by atoms with Crippen molar-refractivity contribution in [2.45, 2.75) is 13.8 Å². The Balaban J connectivity index is 2.35. The zero-order chi connectivity index (χ0) is 15.6. The molecule has 1 amide bonds. The predicted octanol–water partition coefficient (Wildman–Crippen LogP) is 2.23. The minimum Gasteiger partial charge on any atom is -0.478 e. The molecule has 6 heteroatoms. The van der Waals surface area contributed by atoms with E-state index >= 15 is 0 Å². The van der Waals surface area contributed by atoms with Crippen molar-refractivity contribution in [2.24, 2.45) is 0 Å². The number of nitrogens with one attached hydrogen (secondary N) is 1. The summed E-state index contributed by atoms with van der Waals surface area (Å²) in [5.74, 6) is -1.56. The lowest BCUT2D eigenvalue weighted by atomic mass is 10.1. The summed E-state index contributed by atoms with van der Waals surface area (Å²) in [7, 11) is 0. The van der Waals surface area contributed by atoms with Gasteiger partial charge in [-0.1, -0.05) is 0 Å². The summed E-state index contributed by atoms with van der Waals surface area (Å²) in [6, 6.07) is 7.61. The number of amides is 1. The van der Waals surface area contributed by atoms with Gasteiger partial charge in [0, 0.05) is 11.4 Å². The van der Waals surface area contributed by atoms with Gasteiger partial charge in [-0.15, -0.1) is 0 Å². The molecule has 1 aromatic carbocycles. The van der Waals surface area contributed by atoms with Crippen molar-refractivity contribution in [3.05, 3.63) is 52.8 Å². The molecule has 0 bridgehead atoms. The van der Waals surface area contributed by atoms with E-state index < -0.39 is 11.9 Å². The smallest absolute Gasteiger partial charge is 0.337 e. The number of nitrogen functional groups attached to an aromatic ring is 1. The summed E-state index contributed by atoms with van der Waals surface area (Å²) in [6.07, 6.45) is 0. The van der Waals surface area contributed by atoms with Gasteiger partial charge in [-0.05, 0) is 44.2 Å². The normalized spacial score (nSPS) is 10.2. The van der Waals surface area contributed by atoms with Crippen LogP contribution in [0.5, 0.6) is 0 Å². The number of carbonyl (C=O) groups excluding carboxylic acids is 1. The molecule has 1 aromatic heterocycles. The first-order chi connectivity index (χ1) is 9.88. The molecule has 1 heterocycles. The topological polar surface area (TPSA) is 105 Å². The maximum absolute atomic E-state index is 12.2. The van der Waals surface area contributed by atoms with Gasteiger partial charge in [-0.2, -0.15) is 0 Å². The number of carbonyl (C=O) groups is 2. The van der Waals surface area contributed by atoms with E-state index in [0.29, 0.717) is 16.9 Å². The van der Waals surface area contributed by atoms with Crippen LogP contribution < -0.4 is 11.1 Å². The van der Waals surface area contributed by atoms with Gasteiger partial charge in [0.15, 0.2) is 0 Å². The van der Waals surface area contributed by atoms with Gasteiger partial charge in [0.25, 0.3) is 5.91 Å². The Morgan fingerprint density at radius 3 is 2.43 bits per heavy atom. The Morgan fingerprint density at radius 1 is 1.14 bits per heavy atom. The Labute approximate surface area is 121 Å². The predicted molar refractivity (Wildman–Crippen MR) is 79.5 cm³/mol. The van der Waals surface area contributed by atoms with Crippen molar-refractivity contribution in [2.75, 3.05) is 11.1 Å². The maximum Gasteiger partial charge on any atom is 0.337 e. The van der Waals surface area contributed by atoms with Crippen molar-refractivity contribution in [1.29, 1.82) is 0 Å². The number of pyridine rings is 1. The van der Waals surface area contributed by atoms with Crippen LogP contribution >= 0.6 is 0 Å². The number of hydrogen-bond acceptors (Lipinski definition) is 4. The lowest BCUT2D eigenvalue weighted by Crippen LogP contribution is -2.17. The van der Waals surface area contributed by atoms with Crippen LogP contribution in [0.2, 0.25) is 0 Å². The first-order valence-corrected chi connectivity index (χ1v) is 6.27. The minimum absolute atomic E-state index is 0.0183. The quantitative estimate of drug-likeness (QED) is 0.750. The molecule has 0 aliphatic carbocycles. The van der Waals surface area contributed by atoms with Crippen LogP contribution in [0.15, 0.2) is 30.3 Å². The molecule has 0 saturated heterocycles. The fraction of sp³-hybridized carbons (Fsp3) is 0.133. The van der Waals surface area contributed by atoms with Gasteiger partial charge >= 0.3 is 5.97 Å². The molecule has 6 nitrogen and oxygen atoms in total. The van der Waals surface area contributed by atoms with Gasteiger partial charge in [0.2, 0.25) is 0 Å². The molecule has 0 aliphatic rings. The highest BCUT2D eigenvalue weighted by Crippen LogP contribution is 2.20. The molecular weight excluding hydrogens is 270 g/mol. The third kappa shape index (κ3) is 3.17. The molecule has 2 aromatic rings. The highest BCUT2D eigenvalue weighted by molar-refractivity contribution is 6.08. The van der Waals surface area contributed by atoms with Crippen LogP contribution in [0.1, 0.15) is 32.1 Å². The molecule has 2 rings (SSSR count). The summed E-state index contributed by atoms with van der Waals surface area (Å²) in [4.78, 5) is 27.6. The SMILES string of the molecule is Cc1ccc(C(=O)Nc2cc(N)ccc2C(=O)O)c(C)n1. The molecule has 0 fully saturated rings. The number of anilines is 2. The van der Waals surface area contributed by atoms with Crippen molar-refractivity contribution < 1.29 is 14.7 Å². The van der Waals surface area contributed by atoms with Crippen LogP contribution in [-0.2, 0) is 0 Å². The second-order valence-electron chi connectivity index (χ2n) is 4.65. The largest absolute Gasteiger partial charge is 0.478 e. The summed E-state index contributed by atoms with van der Waals surface area (Å²) >= 11 is 0. The van der Waals surface area contributed by atoms with Crippen LogP contribution in [-0.4, -0.2) is 22.0 Å². The number of hydrogen-bond donors (Lipinski definition) is 3. The van der Waals surface area contributed by atoms with E-state index in [-0.39, 0.29) is 11.3 Å². The number of aromatic nitrogens is 1. The lowest BCUT2D eigenvalue weighted by molar-refractivity contribution is 0.0698. The van der Waals surface area contributed by atoms with Gasteiger partial charge < -0.3 is 16.2 Å². The second kappa shape index (κ2) is 5.62. The summed E-state index contributed by atoms with van der Waals surface area (Å²) in [6.45, 7) is 3.55. The van der Waals surface area contributed by atoms with Crippen LogP contribution in [0.4, 0.5) is 11.4 Å². The molecular formula is C15H15N3O3. The van der Waals surface area contributed by atoms with Gasteiger partial charge in [-0.3, -0.25) is 9.78 Å². The summed E-state index contributed by atoms with van der Waals surface area (Å²) < 4.78 is 0. The van der Waals surface area contributed by atoms with E-state index in [4.69, 9.17) is 10.8 Å². The number of aryl methyl sites for hydroxylation is 2. The van der Waals surface area contributed by atoms with E-state index in [2.05, 4.69) is 10.3 Å². The third-order valence-corrected chi connectivity index (χ3v) is 2.99. The van der Waals surface area contributed by atoms with Crippen molar-refractivity contribution in [1.82, 2.24) is 4.98 Å². The fourth-order valence-corrected chi connectivity index (χ4v) is 1.97. The Hall–Kier alpha value is -2.89. The average molecular weight is 285 g/mol. The van der Waals surface area contributed by atoms with E-state index in [1.807, 2.05) is 6.92 Å². The van der Waals surface area contributed by atoms with Crippen molar-refractivity contribution in [3.63, 3.8) is 0 Å². The first-order valence-electron chi connectivity index (χ1n) is 6.27. The number of carboxylic acids is 1. The molecule has 0 atom stereocenters. The summed E-state index contributed by atoms with van der Waals surface area (Å²) in [5, 5.41) is 11.7. The van der Waals surface area contributed by atoms with Crippen molar-refractivity contribution in [3.8, 4) is 0 Å². The molecule has 21 heavy (non-hydrogen) atoms. The highest BCUT2D eigenvalue weighted by atomic mass is 16.4. The standard InChI is InChI=1S/C15H15N3O3/c1-8-3-5-11(9(2)17-8)14(19)18-13-7-10(16)4-6-12(13)15(20)21/h3-7H,16H2,1-2H3,(H,18,19)(H,20,21). The highest BCUT2D eigenvalue weighted by Gasteiger charge is 2.15.